The minimum absolute atomic E-state index is 0.530. The molecule has 1 aromatic carbocycles. The molecule has 1 aliphatic heterocycles. The fourth-order valence-corrected chi connectivity index (χ4v) is 3.07. The summed E-state index contributed by atoms with van der Waals surface area (Å²) >= 11 is 0. The van der Waals surface area contributed by atoms with Crippen molar-refractivity contribution in [3.63, 3.8) is 0 Å². The van der Waals surface area contributed by atoms with Crippen LogP contribution in [0.25, 0.3) is 22.2 Å². The van der Waals surface area contributed by atoms with Crippen molar-refractivity contribution in [1.29, 1.82) is 0 Å². The number of aromatic nitrogens is 3. The van der Waals surface area contributed by atoms with Crippen LogP contribution in [-0.2, 0) is 0 Å². The predicted octanol–water partition coefficient (Wildman–Crippen LogP) is 2.66. The number of anilines is 1. The molecule has 5 heteroatoms. The molecule has 0 spiro atoms. The van der Waals surface area contributed by atoms with Gasteiger partial charge in [-0.15, -0.1) is 0 Å². The summed E-state index contributed by atoms with van der Waals surface area (Å²) in [5.41, 5.74) is 5.35. The maximum absolute atomic E-state index is 4.69. The number of nitrogens with zero attached hydrogens (tertiary/aromatic N) is 3. The minimum atomic E-state index is 0.530. The molecule has 0 radical (unpaired) electrons. The van der Waals surface area contributed by atoms with Gasteiger partial charge in [-0.2, -0.15) is 5.10 Å². The smallest absolute Gasteiger partial charge is 0.0732 e. The molecular weight excluding hydrogens is 274 g/mol. The van der Waals surface area contributed by atoms with E-state index in [1.807, 2.05) is 13.0 Å². The lowest BCUT2D eigenvalue weighted by molar-refractivity contribution is 0.205. The third-order valence-corrected chi connectivity index (χ3v) is 4.17. The minimum Gasteiger partial charge on any atom is -0.379 e. The number of aromatic amines is 1. The molecule has 3 heterocycles. The Morgan fingerprint density at radius 1 is 1.23 bits per heavy atom. The summed E-state index contributed by atoms with van der Waals surface area (Å²) in [6.07, 6.45) is 1.77. The van der Waals surface area contributed by atoms with Gasteiger partial charge in [-0.25, -0.2) is 0 Å². The number of nitrogens with one attached hydrogen (secondary N) is 2. The number of hydrogen-bond donors (Lipinski definition) is 2. The van der Waals surface area contributed by atoms with E-state index in [0.717, 1.165) is 35.6 Å². The first-order valence-corrected chi connectivity index (χ1v) is 7.55. The lowest BCUT2D eigenvalue weighted by Gasteiger charge is -2.37. The fourth-order valence-electron chi connectivity index (χ4n) is 3.07. The lowest BCUT2D eigenvalue weighted by Crippen LogP contribution is -2.52. The largest absolute Gasteiger partial charge is 0.379 e. The van der Waals surface area contributed by atoms with Gasteiger partial charge in [0.05, 0.1) is 17.3 Å². The van der Waals surface area contributed by atoms with Crippen molar-refractivity contribution in [2.24, 2.45) is 0 Å². The Morgan fingerprint density at radius 3 is 2.82 bits per heavy atom. The predicted molar refractivity (Wildman–Crippen MR) is 89.0 cm³/mol. The standard InChI is InChI=1S/C17H19N5/c1-11-7-16(20-13-9-22(2)10-13)14-4-3-12(8-17(14)19-11)15-5-6-18-21-15/h3-8,13H,9-10H2,1-2H3,(H,18,21)(H,19,20). The number of rotatable bonds is 3. The Balaban J connectivity index is 1.74. The highest BCUT2D eigenvalue weighted by Gasteiger charge is 2.23. The monoisotopic (exact) mass is 293 g/mol. The first-order chi connectivity index (χ1) is 10.7. The van der Waals surface area contributed by atoms with Gasteiger partial charge in [-0.3, -0.25) is 10.1 Å². The average Bonchev–Trinajstić information content (AvgIpc) is 2.99. The Kier molecular flexibility index (Phi) is 3.08. The Hall–Kier alpha value is -2.40. The molecule has 112 valence electrons. The van der Waals surface area contributed by atoms with Crippen molar-refractivity contribution in [2.75, 3.05) is 25.5 Å². The van der Waals surface area contributed by atoms with Gasteiger partial charge >= 0.3 is 0 Å². The SMILES string of the molecule is Cc1cc(NC2CN(C)C2)c2ccc(-c3ccn[nH]3)cc2n1. The van der Waals surface area contributed by atoms with E-state index in [4.69, 9.17) is 0 Å². The summed E-state index contributed by atoms with van der Waals surface area (Å²) in [5, 5.41) is 11.8. The van der Waals surface area contributed by atoms with Crippen LogP contribution < -0.4 is 5.32 Å². The van der Waals surface area contributed by atoms with Crippen LogP contribution in [0.3, 0.4) is 0 Å². The van der Waals surface area contributed by atoms with Crippen LogP contribution in [0.15, 0.2) is 36.5 Å². The van der Waals surface area contributed by atoms with Gasteiger partial charge in [0, 0.05) is 41.6 Å². The maximum atomic E-state index is 4.69. The second-order valence-electron chi connectivity index (χ2n) is 6.08. The molecule has 4 rings (SSSR count). The number of pyridine rings is 1. The van der Waals surface area contributed by atoms with Gasteiger partial charge in [0.2, 0.25) is 0 Å². The number of benzene rings is 1. The summed E-state index contributed by atoms with van der Waals surface area (Å²) < 4.78 is 0. The number of hydrogen-bond acceptors (Lipinski definition) is 4. The number of H-pyrrole nitrogens is 1. The van der Waals surface area contributed by atoms with Gasteiger partial charge in [0.25, 0.3) is 0 Å². The Bertz CT molecular complexity index is 803. The summed E-state index contributed by atoms with van der Waals surface area (Å²) in [4.78, 5) is 7.00. The van der Waals surface area contributed by atoms with E-state index < -0.39 is 0 Å². The van der Waals surface area contributed by atoms with Crippen molar-refractivity contribution in [3.8, 4) is 11.3 Å². The van der Waals surface area contributed by atoms with E-state index in [1.165, 1.54) is 11.1 Å². The van der Waals surface area contributed by atoms with E-state index in [2.05, 4.69) is 56.7 Å². The van der Waals surface area contributed by atoms with Crippen LogP contribution in [0, 0.1) is 6.92 Å². The third-order valence-electron chi connectivity index (χ3n) is 4.17. The van der Waals surface area contributed by atoms with Gasteiger partial charge in [-0.05, 0) is 32.2 Å². The number of fused-ring (bicyclic) bond motifs is 1. The number of likely N-dealkylation sites (N-methyl/N-ethyl adjacent to an activating group) is 1. The molecule has 0 amide bonds. The molecular formula is C17H19N5. The second kappa shape index (κ2) is 5.10. The molecule has 0 saturated carbocycles. The normalized spacial score (nSPS) is 15.9. The van der Waals surface area contributed by atoms with Gasteiger partial charge < -0.3 is 10.2 Å². The highest BCUT2D eigenvalue weighted by molar-refractivity contribution is 5.94. The summed E-state index contributed by atoms with van der Waals surface area (Å²) in [6, 6.07) is 11.0. The first kappa shape index (κ1) is 13.3. The molecule has 0 atom stereocenters. The molecule has 1 saturated heterocycles. The van der Waals surface area contributed by atoms with Crippen LogP contribution in [0.4, 0.5) is 5.69 Å². The molecule has 3 aromatic rings. The van der Waals surface area contributed by atoms with Crippen LogP contribution >= 0.6 is 0 Å². The van der Waals surface area contributed by atoms with Gasteiger partial charge in [0.1, 0.15) is 0 Å². The van der Waals surface area contributed by atoms with Gasteiger partial charge in [-0.1, -0.05) is 12.1 Å². The van der Waals surface area contributed by atoms with E-state index in [9.17, 15) is 0 Å². The molecule has 1 aliphatic rings. The lowest BCUT2D eigenvalue weighted by atomic mass is 10.1. The molecule has 0 bridgehead atoms. The van der Waals surface area contributed by atoms with Crippen LogP contribution in [0.1, 0.15) is 5.69 Å². The Labute approximate surface area is 129 Å². The zero-order chi connectivity index (χ0) is 15.1. The fraction of sp³-hybridized carbons (Fsp3) is 0.294. The second-order valence-corrected chi connectivity index (χ2v) is 6.08. The topological polar surface area (TPSA) is 56.8 Å². The molecule has 22 heavy (non-hydrogen) atoms. The van der Waals surface area contributed by atoms with Gasteiger partial charge in [0.15, 0.2) is 0 Å². The van der Waals surface area contributed by atoms with Crippen molar-refractivity contribution < 1.29 is 0 Å². The van der Waals surface area contributed by atoms with Crippen molar-refractivity contribution in [3.05, 3.63) is 42.2 Å². The maximum Gasteiger partial charge on any atom is 0.0732 e. The van der Waals surface area contributed by atoms with E-state index >= 15 is 0 Å². The summed E-state index contributed by atoms with van der Waals surface area (Å²) in [5.74, 6) is 0. The highest BCUT2D eigenvalue weighted by atomic mass is 15.2. The molecule has 2 N–H and O–H groups in total. The molecule has 1 fully saturated rings. The quantitative estimate of drug-likeness (QED) is 0.779. The number of likely N-dealkylation sites (tertiary alicyclic amines) is 1. The first-order valence-electron chi connectivity index (χ1n) is 7.55. The molecule has 0 aliphatic carbocycles. The van der Waals surface area contributed by atoms with E-state index in [0.29, 0.717) is 6.04 Å². The summed E-state index contributed by atoms with van der Waals surface area (Å²) in [6.45, 7) is 4.23. The average molecular weight is 293 g/mol. The number of aryl methyl sites for hydroxylation is 1. The molecule has 2 aromatic heterocycles. The van der Waals surface area contributed by atoms with Crippen molar-refractivity contribution in [2.45, 2.75) is 13.0 Å². The summed E-state index contributed by atoms with van der Waals surface area (Å²) in [7, 11) is 2.14. The third kappa shape index (κ3) is 2.33. The molecule has 5 nitrogen and oxygen atoms in total. The zero-order valence-corrected chi connectivity index (χ0v) is 12.8. The molecule has 0 unspecified atom stereocenters. The Morgan fingerprint density at radius 2 is 2.09 bits per heavy atom. The zero-order valence-electron chi connectivity index (χ0n) is 12.8. The van der Waals surface area contributed by atoms with Crippen molar-refractivity contribution >= 4 is 16.6 Å². The highest BCUT2D eigenvalue weighted by Crippen LogP contribution is 2.28. The van der Waals surface area contributed by atoms with Crippen molar-refractivity contribution in [1.82, 2.24) is 20.1 Å². The van der Waals surface area contributed by atoms with Crippen LogP contribution in [0.2, 0.25) is 0 Å². The van der Waals surface area contributed by atoms with E-state index in [-0.39, 0.29) is 0 Å². The van der Waals surface area contributed by atoms with E-state index in [1.54, 1.807) is 6.20 Å². The van der Waals surface area contributed by atoms with Crippen LogP contribution in [-0.4, -0.2) is 46.3 Å². The van der Waals surface area contributed by atoms with Crippen LogP contribution in [0.5, 0.6) is 0 Å².